The average molecular weight is 512 g/mol. The van der Waals surface area contributed by atoms with Gasteiger partial charge in [-0.1, -0.05) is 48.5 Å². The first-order valence-corrected chi connectivity index (χ1v) is 12.7. The van der Waals surface area contributed by atoms with E-state index in [0.29, 0.717) is 11.1 Å². The highest BCUT2D eigenvalue weighted by atomic mass is 32.2. The molecule has 36 heavy (non-hydrogen) atoms. The van der Waals surface area contributed by atoms with E-state index in [0.717, 1.165) is 5.56 Å². The number of thioether (sulfide) groups is 1. The Morgan fingerprint density at radius 1 is 1.17 bits per heavy atom. The lowest BCUT2D eigenvalue weighted by atomic mass is 9.97. The third kappa shape index (κ3) is 6.54. The molecule has 0 aliphatic carbocycles. The molecule has 0 unspecified atom stereocenters. The van der Waals surface area contributed by atoms with Crippen molar-refractivity contribution in [3.8, 4) is 0 Å². The Morgan fingerprint density at radius 2 is 1.86 bits per heavy atom. The van der Waals surface area contributed by atoms with Gasteiger partial charge in [0, 0.05) is 16.9 Å². The highest BCUT2D eigenvalue weighted by Crippen LogP contribution is 2.39. The fourth-order valence-electron chi connectivity index (χ4n) is 4.20. The number of nitrogens with one attached hydrogen (secondary N) is 2. The summed E-state index contributed by atoms with van der Waals surface area (Å²) in [6.07, 6.45) is 0.182. The number of hydrogen-bond donors (Lipinski definition) is 4. The van der Waals surface area contributed by atoms with E-state index in [2.05, 4.69) is 17.2 Å². The third-order valence-corrected chi connectivity index (χ3v) is 7.49. The zero-order valence-electron chi connectivity index (χ0n) is 20.5. The van der Waals surface area contributed by atoms with Crippen LogP contribution in [-0.2, 0) is 22.6 Å². The highest BCUT2D eigenvalue weighted by Gasteiger charge is 2.49. The van der Waals surface area contributed by atoms with Crippen molar-refractivity contribution in [2.24, 2.45) is 0 Å². The largest absolute Gasteiger partial charge is 0.392 e. The molecule has 2 aromatic rings. The minimum Gasteiger partial charge on any atom is -0.392 e. The Labute approximate surface area is 215 Å². The summed E-state index contributed by atoms with van der Waals surface area (Å²) in [7, 11) is 0. The number of carbonyl (C=O) groups excluding carboxylic acids is 3. The van der Waals surface area contributed by atoms with Crippen LogP contribution in [0.5, 0.6) is 0 Å². The number of amides is 3. The number of rotatable bonds is 10. The Hall–Kier alpha value is -3.14. The van der Waals surface area contributed by atoms with Crippen molar-refractivity contribution in [1.82, 2.24) is 15.5 Å². The highest BCUT2D eigenvalue weighted by molar-refractivity contribution is 8.00. The fourth-order valence-corrected chi connectivity index (χ4v) is 5.34. The second-order valence-corrected chi connectivity index (χ2v) is 10.8. The van der Waals surface area contributed by atoms with Crippen molar-refractivity contribution < 1.29 is 24.6 Å². The minimum absolute atomic E-state index is 0.205. The van der Waals surface area contributed by atoms with Gasteiger partial charge in [-0.05, 0) is 43.5 Å². The van der Waals surface area contributed by atoms with Gasteiger partial charge in [0.15, 0.2) is 6.10 Å². The summed E-state index contributed by atoms with van der Waals surface area (Å²) < 4.78 is -0.566. The monoisotopic (exact) mass is 511 g/mol. The maximum Gasteiger partial charge on any atom is 0.254 e. The Bertz CT molecular complexity index is 1090. The Balaban J connectivity index is 1.86. The quantitative estimate of drug-likeness (QED) is 0.362. The fraction of sp³-hybridized carbons (Fsp3) is 0.370. The molecule has 0 radical (unpaired) electrons. The molecule has 4 N–H and O–H groups in total. The van der Waals surface area contributed by atoms with Crippen molar-refractivity contribution in [3.05, 3.63) is 83.9 Å². The van der Waals surface area contributed by atoms with Crippen LogP contribution in [0.1, 0.15) is 35.3 Å². The van der Waals surface area contributed by atoms with E-state index >= 15 is 0 Å². The molecule has 1 saturated heterocycles. The average Bonchev–Trinajstić information content (AvgIpc) is 3.21. The topological polar surface area (TPSA) is 119 Å². The van der Waals surface area contributed by atoms with Crippen LogP contribution in [0.25, 0.3) is 0 Å². The first-order chi connectivity index (χ1) is 17.2. The predicted octanol–water partition coefficient (Wildman–Crippen LogP) is 1.86. The number of nitrogens with zero attached hydrogens (tertiary/aromatic N) is 1. The van der Waals surface area contributed by atoms with E-state index in [9.17, 15) is 24.6 Å². The Kier molecular flexibility index (Phi) is 9.31. The van der Waals surface area contributed by atoms with Crippen molar-refractivity contribution in [3.63, 3.8) is 0 Å². The maximum atomic E-state index is 13.5. The molecular formula is C27H33N3O5S. The SMILES string of the molecule is C=CCNC(=O)[C@H]1N(C(=O)[C@@H](O)[C@H](Cc2ccccc2)NC(=O)c2cccc(CO)c2)CSC1(C)C. The van der Waals surface area contributed by atoms with E-state index in [-0.39, 0.29) is 31.4 Å². The lowest BCUT2D eigenvalue weighted by molar-refractivity contribution is -0.147. The van der Waals surface area contributed by atoms with Gasteiger partial charge in [-0.3, -0.25) is 14.4 Å². The molecule has 0 aromatic heterocycles. The van der Waals surface area contributed by atoms with Gasteiger partial charge in [0.1, 0.15) is 6.04 Å². The number of hydrogen-bond acceptors (Lipinski definition) is 6. The first kappa shape index (κ1) is 27.4. The van der Waals surface area contributed by atoms with E-state index in [4.69, 9.17) is 0 Å². The van der Waals surface area contributed by atoms with Crippen LogP contribution in [0.4, 0.5) is 0 Å². The van der Waals surface area contributed by atoms with Crippen molar-refractivity contribution in [1.29, 1.82) is 0 Å². The second-order valence-electron chi connectivity index (χ2n) is 9.19. The first-order valence-electron chi connectivity index (χ1n) is 11.7. The molecule has 0 bridgehead atoms. The van der Waals surface area contributed by atoms with Gasteiger partial charge in [0.2, 0.25) is 5.91 Å². The van der Waals surface area contributed by atoms with Gasteiger partial charge < -0.3 is 25.7 Å². The molecule has 1 aliphatic heterocycles. The van der Waals surface area contributed by atoms with Gasteiger partial charge in [-0.15, -0.1) is 18.3 Å². The maximum absolute atomic E-state index is 13.5. The van der Waals surface area contributed by atoms with Crippen LogP contribution in [0, 0.1) is 0 Å². The lowest BCUT2D eigenvalue weighted by Crippen LogP contribution is -2.58. The number of aliphatic hydroxyl groups excluding tert-OH is 2. The smallest absolute Gasteiger partial charge is 0.254 e. The van der Waals surface area contributed by atoms with Crippen LogP contribution < -0.4 is 10.6 Å². The summed E-state index contributed by atoms with van der Waals surface area (Å²) in [4.78, 5) is 40.9. The van der Waals surface area contributed by atoms with Crippen LogP contribution in [0.2, 0.25) is 0 Å². The molecule has 0 saturated carbocycles. The summed E-state index contributed by atoms with van der Waals surface area (Å²) >= 11 is 1.45. The van der Waals surface area contributed by atoms with Crippen molar-refractivity contribution in [2.45, 2.75) is 49.8 Å². The van der Waals surface area contributed by atoms with Crippen molar-refractivity contribution in [2.75, 3.05) is 12.4 Å². The van der Waals surface area contributed by atoms with Gasteiger partial charge in [0.05, 0.1) is 18.5 Å². The molecule has 1 heterocycles. The molecule has 3 atom stereocenters. The Morgan fingerprint density at radius 3 is 2.53 bits per heavy atom. The summed E-state index contributed by atoms with van der Waals surface area (Å²) in [5, 5.41) is 26.2. The second kappa shape index (κ2) is 12.2. The van der Waals surface area contributed by atoms with E-state index in [1.54, 1.807) is 30.3 Å². The van der Waals surface area contributed by atoms with Crippen LogP contribution >= 0.6 is 11.8 Å². The molecule has 2 aromatic carbocycles. The zero-order chi connectivity index (χ0) is 26.3. The molecule has 9 heteroatoms. The van der Waals surface area contributed by atoms with Crippen molar-refractivity contribution >= 4 is 29.5 Å². The summed E-state index contributed by atoms with van der Waals surface area (Å²) in [5.41, 5.74) is 1.71. The molecule has 3 rings (SSSR count). The molecule has 1 aliphatic rings. The molecule has 0 spiro atoms. The molecule has 1 fully saturated rings. The third-order valence-electron chi connectivity index (χ3n) is 6.12. The van der Waals surface area contributed by atoms with Crippen LogP contribution in [0.3, 0.4) is 0 Å². The number of carbonyl (C=O) groups is 3. The van der Waals surface area contributed by atoms with Crippen LogP contribution in [0.15, 0.2) is 67.3 Å². The zero-order valence-corrected chi connectivity index (χ0v) is 21.3. The predicted molar refractivity (Wildman–Crippen MR) is 140 cm³/mol. The summed E-state index contributed by atoms with van der Waals surface area (Å²) in [6, 6.07) is 14.0. The van der Waals surface area contributed by atoms with E-state index in [1.165, 1.54) is 16.7 Å². The lowest BCUT2D eigenvalue weighted by Gasteiger charge is -2.33. The molecule has 192 valence electrons. The van der Waals surface area contributed by atoms with Gasteiger partial charge >= 0.3 is 0 Å². The van der Waals surface area contributed by atoms with E-state index in [1.807, 2.05) is 44.2 Å². The van der Waals surface area contributed by atoms with E-state index < -0.39 is 34.7 Å². The normalized spacial score (nSPS) is 18.2. The number of benzene rings is 2. The number of aliphatic hydroxyl groups is 2. The van der Waals surface area contributed by atoms with Crippen LogP contribution in [-0.4, -0.2) is 68.2 Å². The standard InChI is InChI=1S/C27H33N3O5S/c1-4-13-28-25(34)23-27(2,3)36-17-30(23)26(35)22(32)21(15-18-9-6-5-7-10-18)29-24(33)20-12-8-11-19(14-20)16-31/h4-12,14,21-23,31-32H,1,13,15-17H2,2-3H3,(H,28,34)(H,29,33)/t21-,22-,23+/m0/s1. The minimum atomic E-state index is -1.58. The van der Waals surface area contributed by atoms with Gasteiger partial charge in [0.25, 0.3) is 11.8 Å². The molecule has 8 nitrogen and oxygen atoms in total. The van der Waals surface area contributed by atoms with Gasteiger partial charge in [-0.2, -0.15) is 0 Å². The van der Waals surface area contributed by atoms with Gasteiger partial charge in [-0.25, -0.2) is 0 Å². The molecular weight excluding hydrogens is 478 g/mol. The summed E-state index contributed by atoms with van der Waals surface area (Å²) in [5.74, 6) is -1.19. The summed E-state index contributed by atoms with van der Waals surface area (Å²) in [6.45, 7) is 7.42. The molecule has 3 amide bonds.